The van der Waals surface area contributed by atoms with Gasteiger partial charge in [-0.1, -0.05) is 45.9 Å². The number of para-hydroxylation sites is 1. The minimum absolute atomic E-state index is 0.368. The van der Waals surface area contributed by atoms with Crippen molar-refractivity contribution in [1.29, 1.82) is 0 Å². The molecule has 0 atom stereocenters. The fraction of sp³-hybridized carbons (Fsp3) is 0.571. The molecule has 0 radical (unpaired) electrons. The van der Waals surface area contributed by atoms with E-state index in [0.29, 0.717) is 24.2 Å². The average Bonchev–Trinajstić information content (AvgIpc) is 2.29. The molecule has 0 fully saturated rings. The van der Waals surface area contributed by atoms with Crippen molar-refractivity contribution in [3.63, 3.8) is 0 Å². The van der Waals surface area contributed by atoms with Gasteiger partial charge < -0.3 is 9.16 Å². The summed E-state index contributed by atoms with van der Waals surface area (Å²) in [5.41, 5.74) is 0. The predicted molar refractivity (Wildman–Crippen MR) is 75.3 cm³/mol. The van der Waals surface area contributed by atoms with E-state index in [0.717, 1.165) is 5.75 Å². The third kappa shape index (κ3) is 5.37. The first-order valence-electron chi connectivity index (χ1n) is 6.28. The SMILES string of the molecule is CC(C)C(C)(C)[SiH2]OCCOc1ccccc1. The van der Waals surface area contributed by atoms with Crippen LogP contribution in [-0.2, 0) is 4.43 Å². The Morgan fingerprint density at radius 1 is 1.12 bits per heavy atom. The van der Waals surface area contributed by atoms with Crippen LogP contribution in [0.4, 0.5) is 0 Å². The Balaban J connectivity index is 2.13. The molecule has 0 saturated heterocycles. The third-order valence-electron chi connectivity index (χ3n) is 3.28. The van der Waals surface area contributed by atoms with Crippen molar-refractivity contribution in [2.24, 2.45) is 5.92 Å². The van der Waals surface area contributed by atoms with E-state index in [2.05, 4.69) is 27.7 Å². The molecule has 2 nitrogen and oxygen atoms in total. The van der Waals surface area contributed by atoms with E-state index in [-0.39, 0.29) is 0 Å². The number of rotatable bonds is 7. The minimum Gasteiger partial charge on any atom is -0.491 e. The molecule has 0 aromatic heterocycles. The minimum atomic E-state index is -0.488. The molecule has 1 rings (SSSR count). The van der Waals surface area contributed by atoms with Crippen LogP contribution < -0.4 is 4.74 Å². The number of ether oxygens (including phenoxy) is 1. The molecule has 1 aromatic rings. The Labute approximate surface area is 107 Å². The topological polar surface area (TPSA) is 18.5 Å². The number of benzene rings is 1. The van der Waals surface area contributed by atoms with Gasteiger partial charge in [0.1, 0.15) is 12.4 Å². The highest BCUT2D eigenvalue weighted by atomic mass is 28.2. The van der Waals surface area contributed by atoms with Crippen molar-refractivity contribution in [2.45, 2.75) is 32.7 Å². The largest absolute Gasteiger partial charge is 0.491 e. The van der Waals surface area contributed by atoms with Gasteiger partial charge in [-0.05, 0) is 23.1 Å². The van der Waals surface area contributed by atoms with Crippen LogP contribution in [0.1, 0.15) is 27.7 Å². The van der Waals surface area contributed by atoms with Crippen molar-refractivity contribution >= 4 is 9.76 Å². The summed E-state index contributed by atoms with van der Waals surface area (Å²) in [7, 11) is -0.488. The lowest BCUT2D eigenvalue weighted by molar-refractivity contribution is 0.213. The zero-order valence-electron chi connectivity index (χ0n) is 11.4. The maximum atomic E-state index is 5.80. The summed E-state index contributed by atoms with van der Waals surface area (Å²) in [5.74, 6) is 1.60. The Morgan fingerprint density at radius 3 is 2.35 bits per heavy atom. The summed E-state index contributed by atoms with van der Waals surface area (Å²) in [6, 6.07) is 9.88. The summed E-state index contributed by atoms with van der Waals surface area (Å²) in [4.78, 5) is 0. The second kappa shape index (κ2) is 6.82. The second-order valence-corrected chi connectivity index (χ2v) is 7.88. The lowest BCUT2D eigenvalue weighted by atomic mass is 9.99. The lowest BCUT2D eigenvalue weighted by Crippen LogP contribution is -2.23. The molecule has 0 aliphatic rings. The average molecular weight is 252 g/mol. The first-order chi connectivity index (χ1) is 8.02. The molecule has 17 heavy (non-hydrogen) atoms. The van der Waals surface area contributed by atoms with Crippen LogP contribution in [0.5, 0.6) is 5.75 Å². The van der Waals surface area contributed by atoms with Gasteiger partial charge in [-0.2, -0.15) is 0 Å². The van der Waals surface area contributed by atoms with Crippen molar-refractivity contribution in [3.05, 3.63) is 30.3 Å². The van der Waals surface area contributed by atoms with E-state index in [1.54, 1.807) is 0 Å². The van der Waals surface area contributed by atoms with Crippen LogP contribution in [0.25, 0.3) is 0 Å². The molecule has 0 heterocycles. The number of hydrogen-bond acceptors (Lipinski definition) is 2. The molecule has 0 aliphatic heterocycles. The van der Waals surface area contributed by atoms with Crippen LogP contribution in [-0.4, -0.2) is 23.0 Å². The van der Waals surface area contributed by atoms with Crippen molar-refractivity contribution < 1.29 is 9.16 Å². The van der Waals surface area contributed by atoms with Gasteiger partial charge in [0, 0.05) is 0 Å². The highest BCUT2D eigenvalue weighted by Gasteiger charge is 2.23. The summed E-state index contributed by atoms with van der Waals surface area (Å²) < 4.78 is 11.4. The first-order valence-corrected chi connectivity index (χ1v) is 7.56. The van der Waals surface area contributed by atoms with Gasteiger partial charge in [0.15, 0.2) is 9.76 Å². The van der Waals surface area contributed by atoms with Gasteiger partial charge in [0.05, 0.1) is 6.61 Å². The Kier molecular flexibility index (Phi) is 5.72. The fourth-order valence-corrected chi connectivity index (χ4v) is 2.36. The third-order valence-corrected chi connectivity index (χ3v) is 5.33. The van der Waals surface area contributed by atoms with Gasteiger partial charge in [0.25, 0.3) is 0 Å². The van der Waals surface area contributed by atoms with Gasteiger partial charge in [-0.15, -0.1) is 0 Å². The smallest absolute Gasteiger partial charge is 0.167 e. The van der Waals surface area contributed by atoms with Crippen LogP contribution >= 0.6 is 0 Å². The van der Waals surface area contributed by atoms with Crippen molar-refractivity contribution in [2.75, 3.05) is 13.2 Å². The van der Waals surface area contributed by atoms with Gasteiger partial charge in [-0.3, -0.25) is 0 Å². The van der Waals surface area contributed by atoms with Gasteiger partial charge in [-0.25, -0.2) is 0 Å². The lowest BCUT2D eigenvalue weighted by Gasteiger charge is -2.28. The maximum Gasteiger partial charge on any atom is 0.167 e. The molecule has 0 N–H and O–H groups in total. The van der Waals surface area contributed by atoms with Crippen LogP contribution in [0.2, 0.25) is 5.04 Å². The molecule has 0 spiro atoms. The van der Waals surface area contributed by atoms with Crippen LogP contribution in [0, 0.1) is 5.92 Å². The fourth-order valence-electron chi connectivity index (χ4n) is 1.24. The molecular formula is C14H24O2Si. The summed E-state index contributed by atoms with van der Waals surface area (Å²) >= 11 is 0. The Hall–Kier alpha value is -0.803. The predicted octanol–water partition coefficient (Wildman–Crippen LogP) is 3.02. The second-order valence-electron chi connectivity index (χ2n) is 5.36. The zero-order chi connectivity index (χ0) is 12.7. The molecule has 0 aliphatic carbocycles. The van der Waals surface area contributed by atoms with Crippen molar-refractivity contribution in [1.82, 2.24) is 0 Å². The van der Waals surface area contributed by atoms with E-state index in [1.165, 1.54) is 0 Å². The Morgan fingerprint density at radius 2 is 1.76 bits per heavy atom. The summed E-state index contributed by atoms with van der Waals surface area (Å²) in [5, 5.41) is 0.368. The molecule has 96 valence electrons. The first kappa shape index (κ1) is 14.3. The summed E-state index contributed by atoms with van der Waals surface area (Å²) in [6.45, 7) is 10.5. The highest BCUT2D eigenvalue weighted by molar-refractivity contribution is 6.32. The van der Waals surface area contributed by atoms with Gasteiger partial charge >= 0.3 is 0 Å². The van der Waals surface area contributed by atoms with E-state index >= 15 is 0 Å². The molecule has 0 amide bonds. The van der Waals surface area contributed by atoms with Crippen LogP contribution in [0.3, 0.4) is 0 Å². The molecule has 0 unspecified atom stereocenters. The summed E-state index contributed by atoms with van der Waals surface area (Å²) in [6.07, 6.45) is 0. The molecule has 1 aromatic carbocycles. The quantitative estimate of drug-likeness (QED) is 0.548. The highest BCUT2D eigenvalue weighted by Crippen LogP contribution is 2.32. The monoisotopic (exact) mass is 252 g/mol. The number of hydrogen-bond donors (Lipinski definition) is 0. The molecule has 3 heteroatoms. The molecule has 0 bridgehead atoms. The maximum absolute atomic E-state index is 5.80. The van der Waals surface area contributed by atoms with E-state index in [9.17, 15) is 0 Å². The van der Waals surface area contributed by atoms with E-state index < -0.39 is 9.76 Å². The van der Waals surface area contributed by atoms with Crippen LogP contribution in [0.15, 0.2) is 30.3 Å². The standard InChI is InChI=1S/C14H24O2Si/c1-12(2)14(3,4)17-16-11-10-15-13-8-6-5-7-9-13/h5-9,12H,10-11,17H2,1-4H3. The normalized spacial score (nSPS) is 12.5. The van der Waals surface area contributed by atoms with Gasteiger partial charge in [0.2, 0.25) is 0 Å². The van der Waals surface area contributed by atoms with Crippen molar-refractivity contribution in [3.8, 4) is 5.75 Å². The molecule has 0 saturated carbocycles. The van der Waals surface area contributed by atoms with E-state index in [4.69, 9.17) is 9.16 Å². The Bertz CT molecular complexity index is 309. The van der Waals surface area contributed by atoms with E-state index in [1.807, 2.05) is 30.3 Å². The molecular weight excluding hydrogens is 228 g/mol. The zero-order valence-corrected chi connectivity index (χ0v) is 12.8.